The molecule has 5 nitrogen and oxygen atoms in total. The summed E-state index contributed by atoms with van der Waals surface area (Å²) in [6.07, 6.45) is 0. The van der Waals surface area contributed by atoms with Gasteiger partial charge in [0, 0.05) is 18.5 Å². The van der Waals surface area contributed by atoms with Crippen LogP contribution in [0, 0.1) is 16.0 Å². The van der Waals surface area contributed by atoms with Gasteiger partial charge in [-0.05, 0) is 13.1 Å². The van der Waals surface area contributed by atoms with Crippen LogP contribution in [0.1, 0.15) is 6.92 Å². The van der Waals surface area contributed by atoms with E-state index in [2.05, 4.69) is 5.32 Å². The Balaban J connectivity index is 2.69. The number of hydrogen-bond donors (Lipinski definition) is 1. The van der Waals surface area contributed by atoms with E-state index in [1.54, 1.807) is 0 Å². The highest BCUT2D eigenvalue weighted by Gasteiger charge is 2.11. The number of ether oxygens (including phenoxy) is 1. The van der Waals surface area contributed by atoms with E-state index in [1.165, 1.54) is 18.2 Å². The first-order valence-electron chi connectivity index (χ1n) is 5.26. The van der Waals surface area contributed by atoms with E-state index < -0.39 is 4.92 Å². The summed E-state index contributed by atoms with van der Waals surface area (Å²) in [7, 11) is 1.86. The maximum Gasteiger partial charge on any atom is 0.273 e. The number of nitrogens with one attached hydrogen (secondary N) is 1. The van der Waals surface area contributed by atoms with Gasteiger partial charge < -0.3 is 10.1 Å². The first-order valence-corrected chi connectivity index (χ1v) is 5.63. The zero-order valence-electron chi connectivity index (χ0n) is 9.77. The molecule has 0 saturated carbocycles. The van der Waals surface area contributed by atoms with Gasteiger partial charge in [0.1, 0.15) is 5.75 Å². The van der Waals surface area contributed by atoms with Crippen LogP contribution in [-0.2, 0) is 0 Å². The average Bonchev–Trinajstić information content (AvgIpc) is 2.28. The first kappa shape index (κ1) is 13.7. The fourth-order valence-electron chi connectivity index (χ4n) is 1.36. The van der Waals surface area contributed by atoms with Gasteiger partial charge in [0.15, 0.2) is 0 Å². The molecule has 0 aliphatic heterocycles. The summed E-state index contributed by atoms with van der Waals surface area (Å²) in [6.45, 7) is 3.29. The predicted molar refractivity (Wildman–Crippen MR) is 66.7 cm³/mol. The summed E-state index contributed by atoms with van der Waals surface area (Å²) in [5, 5.41) is 14.0. The van der Waals surface area contributed by atoms with Gasteiger partial charge in [0.25, 0.3) is 5.69 Å². The van der Waals surface area contributed by atoms with Gasteiger partial charge in [0.2, 0.25) is 0 Å². The monoisotopic (exact) mass is 258 g/mol. The van der Waals surface area contributed by atoms with E-state index in [-0.39, 0.29) is 5.69 Å². The molecule has 0 heterocycles. The summed E-state index contributed by atoms with van der Waals surface area (Å²) < 4.78 is 5.47. The number of non-ortho nitro benzene ring substituents is 1. The van der Waals surface area contributed by atoms with Gasteiger partial charge in [0.05, 0.1) is 22.6 Å². The molecule has 0 amide bonds. The minimum Gasteiger partial charge on any atom is -0.491 e. The second-order valence-corrected chi connectivity index (χ2v) is 4.25. The topological polar surface area (TPSA) is 64.4 Å². The third-order valence-corrected chi connectivity index (χ3v) is 2.51. The van der Waals surface area contributed by atoms with Gasteiger partial charge in [-0.15, -0.1) is 0 Å². The largest absolute Gasteiger partial charge is 0.491 e. The molecule has 0 aromatic heterocycles. The molecular formula is C11H15ClN2O3. The summed E-state index contributed by atoms with van der Waals surface area (Å²) in [5.41, 5.74) is -0.0225. The molecule has 94 valence electrons. The summed E-state index contributed by atoms with van der Waals surface area (Å²) in [6, 6.07) is 4.17. The van der Waals surface area contributed by atoms with E-state index in [0.717, 1.165) is 6.54 Å². The fourth-order valence-corrected chi connectivity index (χ4v) is 1.53. The van der Waals surface area contributed by atoms with Crippen molar-refractivity contribution >= 4 is 17.3 Å². The minimum atomic E-state index is -0.472. The van der Waals surface area contributed by atoms with Crippen LogP contribution in [0.15, 0.2) is 18.2 Å². The second-order valence-electron chi connectivity index (χ2n) is 3.85. The van der Waals surface area contributed by atoms with Gasteiger partial charge in [-0.2, -0.15) is 0 Å². The molecule has 0 saturated heterocycles. The fraction of sp³-hybridized carbons (Fsp3) is 0.455. The molecule has 0 spiro atoms. The van der Waals surface area contributed by atoms with Crippen LogP contribution in [0.2, 0.25) is 5.02 Å². The average molecular weight is 259 g/mol. The number of halogens is 1. The molecule has 1 aromatic rings. The van der Waals surface area contributed by atoms with Crippen LogP contribution >= 0.6 is 11.6 Å². The molecular weight excluding hydrogens is 244 g/mol. The molecule has 1 aromatic carbocycles. The Morgan fingerprint density at radius 3 is 2.88 bits per heavy atom. The van der Waals surface area contributed by atoms with Gasteiger partial charge in [-0.3, -0.25) is 10.1 Å². The summed E-state index contributed by atoms with van der Waals surface area (Å²) >= 11 is 5.90. The van der Waals surface area contributed by atoms with Crippen LogP contribution < -0.4 is 10.1 Å². The van der Waals surface area contributed by atoms with E-state index >= 15 is 0 Å². The molecule has 0 aliphatic carbocycles. The normalized spacial score (nSPS) is 12.2. The maximum atomic E-state index is 10.6. The van der Waals surface area contributed by atoms with Crippen LogP contribution in [0.3, 0.4) is 0 Å². The Morgan fingerprint density at radius 2 is 2.29 bits per heavy atom. The molecule has 0 fully saturated rings. The molecule has 17 heavy (non-hydrogen) atoms. The van der Waals surface area contributed by atoms with Crippen molar-refractivity contribution < 1.29 is 9.66 Å². The molecule has 0 radical (unpaired) electrons. The predicted octanol–water partition coefficient (Wildman–Crippen LogP) is 2.48. The number of benzene rings is 1. The summed E-state index contributed by atoms with van der Waals surface area (Å²) in [4.78, 5) is 10.1. The van der Waals surface area contributed by atoms with Gasteiger partial charge in [-0.1, -0.05) is 18.5 Å². The number of nitro groups is 1. The smallest absolute Gasteiger partial charge is 0.273 e. The van der Waals surface area contributed by atoms with Crippen molar-refractivity contribution in [2.75, 3.05) is 20.2 Å². The third-order valence-electron chi connectivity index (χ3n) is 2.20. The quantitative estimate of drug-likeness (QED) is 0.629. The highest BCUT2D eigenvalue weighted by molar-refractivity contribution is 6.32. The lowest BCUT2D eigenvalue weighted by atomic mass is 10.2. The Kier molecular flexibility index (Phi) is 5.18. The van der Waals surface area contributed by atoms with Crippen LogP contribution in [-0.4, -0.2) is 25.1 Å². The third kappa shape index (κ3) is 4.20. The summed E-state index contributed by atoms with van der Waals surface area (Å²) in [5.74, 6) is 0.652. The number of hydrogen-bond acceptors (Lipinski definition) is 4. The molecule has 1 N–H and O–H groups in total. The number of nitrogens with zero attached hydrogens (tertiary/aromatic N) is 1. The number of nitro benzene ring substituents is 1. The lowest BCUT2D eigenvalue weighted by Crippen LogP contribution is -2.21. The highest BCUT2D eigenvalue weighted by atomic mass is 35.5. The molecule has 0 bridgehead atoms. The van der Waals surface area contributed by atoms with E-state index in [4.69, 9.17) is 16.3 Å². The molecule has 1 unspecified atom stereocenters. The minimum absolute atomic E-state index is 0.0225. The van der Waals surface area contributed by atoms with Gasteiger partial charge in [-0.25, -0.2) is 0 Å². The Hall–Kier alpha value is -1.33. The first-order chi connectivity index (χ1) is 8.04. The lowest BCUT2D eigenvalue weighted by Gasteiger charge is -2.13. The van der Waals surface area contributed by atoms with Crippen molar-refractivity contribution in [3.63, 3.8) is 0 Å². The van der Waals surface area contributed by atoms with E-state index in [9.17, 15) is 10.1 Å². The Bertz CT molecular complexity index is 398. The van der Waals surface area contributed by atoms with Crippen molar-refractivity contribution in [3.05, 3.63) is 33.3 Å². The zero-order valence-corrected chi connectivity index (χ0v) is 10.5. The van der Waals surface area contributed by atoms with Crippen molar-refractivity contribution in [2.24, 2.45) is 5.92 Å². The van der Waals surface area contributed by atoms with E-state index in [0.29, 0.717) is 23.3 Å². The van der Waals surface area contributed by atoms with Crippen molar-refractivity contribution in [2.45, 2.75) is 6.92 Å². The van der Waals surface area contributed by atoms with Crippen LogP contribution in [0.25, 0.3) is 0 Å². The highest BCUT2D eigenvalue weighted by Crippen LogP contribution is 2.29. The van der Waals surface area contributed by atoms with Crippen LogP contribution in [0.5, 0.6) is 5.75 Å². The molecule has 1 atom stereocenters. The second kappa shape index (κ2) is 6.42. The van der Waals surface area contributed by atoms with Crippen molar-refractivity contribution in [1.29, 1.82) is 0 Å². The van der Waals surface area contributed by atoms with E-state index in [1.807, 2.05) is 14.0 Å². The Morgan fingerprint density at radius 1 is 1.59 bits per heavy atom. The van der Waals surface area contributed by atoms with Crippen molar-refractivity contribution in [3.8, 4) is 5.75 Å². The van der Waals surface area contributed by atoms with Crippen LogP contribution in [0.4, 0.5) is 5.69 Å². The zero-order chi connectivity index (χ0) is 12.8. The molecule has 0 aliphatic rings. The van der Waals surface area contributed by atoms with Gasteiger partial charge >= 0.3 is 0 Å². The standard InChI is InChI=1S/C11H15ClN2O3/c1-8(6-13-2)7-17-11-5-9(14(15)16)3-4-10(11)12/h3-5,8,13H,6-7H2,1-2H3. The number of rotatable bonds is 6. The SMILES string of the molecule is CNCC(C)COc1cc([N+](=O)[O-])ccc1Cl. The van der Waals surface area contributed by atoms with Crippen molar-refractivity contribution in [1.82, 2.24) is 5.32 Å². The lowest BCUT2D eigenvalue weighted by molar-refractivity contribution is -0.384. The molecule has 1 rings (SSSR count). The Labute approximate surface area is 105 Å². The molecule has 6 heteroatoms. The maximum absolute atomic E-state index is 10.6.